The summed E-state index contributed by atoms with van der Waals surface area (Å²) in [7, 11) is 0. The standard InChI is InChI=1S/C18H16O2/c1-12-6-8-13(9-7-12)17(19)16-10-14-4-2-3-5-15(11-16)18(14)20/h2-10,14-15H,11H2,1H3. The summed E-state index contributed by atoms with van der Waals surface area (Å²) in [5, 5.41) is 0. The van der Waals surface area contributed by atoms with Gasteiger partial charge >= 0.3 is 0 Å². The van der Waals surface area contributed by atoms with Gasteiger partial charge in [-0.05, 0) is 18.9 Å². The van der Waals surface area contributed by atoms with Gasteiger partial charge in [0.05, 0.1) is 5.92 Å². The summed E-state index contributed by atoms with van der Waals surface area (Å²) in [6.45, 7) is 2.00. The van der Waals surface area contributed by atoms with Gasteiger partial charge in [0.2, 0.25) is 0 Å². The first kappa shape index (κ1) is 12.8. The van der Waals surface area contributed by atoms with E-state index >= 15 is 0 Å². The van der Waals surface area contributed by atoms with Crippen molar-refractivity contribution in [1.29, 1.82) is 0 Å². The van der Waals surface area contributed by atoms with E-state index in [1.807, 2.05) is 61.6 Å². The highest BCUT2D eigenvalue weighted by Gasteiger charge is 2.31. The number of allylic oxidation sites excluding steroid dienone is 6. The number of hydrogen-bond acceptors (Lipinski definition) is 2. The summed E-state index contributed by atoms with van der Waals surface area (Å²) in [5.74, 6) is -0.191. The molecule has 0 saturated carbocycles. The molecule has 0 fully saturated rings. The number of carbonyl (C=O) groups excluding carboxylic acids is 2. The van der Waals surface area contributed by atoms with E-state index in [1.165, 1.54) is 0 Å². The highest BCUT2D eigenvalue weighted by molar-refractivity contribution is 6.10. The fraction of sp³-hybridized carbons (Fsp3) is 0.222. The van der Waals surface area contributed by atoms with E-state index in [0.717, 1.165) is 11.1 Å². The average molecular weight is 264 g/mol. The third kappa shape index (κ3) is 2.29. The smallest absolute Gasteiger partial charge is 0.188 e. The number of Topliss-reactive ketones (excluding diaryl/α,β-unsaturated/α-hetero) is 2. The number of hydrogen-bond donors (Lipinski definition) is 0. The molecule has 1 aromatic carbocycles. The van der Waals surface area contributed by atoms with E-state index in [2.05, 4.69) is 0 Å². The molecule has 100 valence electrons. The minimum atomic E-state index is -0.256. The molecule has 0 amide bonds. The van der Waals surface area contributed by atoms with Gasteiger partial charge in [-0.25, -0.2) is 0 Å². The lowest BCUT2D eigenvalue weighted by atomic mass is 9.79. The summed E-state index contributed by atoms with van der Waals surface area (Å²) in [4.78, 5) is 24.7. The summed E-state index contributed by atoms with van der Waals surface area (Å²) >= 11 is 0. The molecule has 0 saturated heterocycles. The van der Waals surface area contributed by atoms with Gasteiger partial charge < -0.3 is 0 Å². The Morgan fingerprint density at radius 2 is 1.80 bits per heavy atom. The Morgan fingerprint density at radius 1 is 1.10 bits per heavy atom. The van der Waals surface area contributed by atoms with Crippen LogP contribution in [0.2, 0.25) is 0 Å². The van der Waals surface area contributed by atoms with Gasteiger partial charge in [0, 0.05) is 11.5 Å². The molecule has 2 heteroatoms. The molecule has 0 heterocycles. The number of fused-ring (bicyclic) bond motifs is 2. The molecule has 0 radical (unpaired) electrons. The molecular formula is C18H16O2. The highest BCUT2D eigenvalue weighted by Crippen LogP contribution is 2.30. The van der Waals surface area contributed by atoms with Gasteiger partial charge in [0.1, 0.15) is 0 Å². The Balaban J connectivity index is 1.93. The van der Waals surface area contributed by atoms with Crippen LogP contribution >= 0.6 is 0 Å². The normalized spacial score (nSPS) is 24.2. The zero-order valence-electron chi connectivity index (χ0n) is 11.4. The van der Waals surface area contributed by atoms with Gasteiger partial charge in [0.15, 0.2) is 11.6 Å². The van der Waals surface area contributed by atoms with Crippen LogP contribution in [0.5, 0.6) is 0 Å². The second kappa shape index (κ2) is 5.04. The Kier molecular flexibility index (Phi) is 3.23. The number of carbonyl (C=O) groups is 2. The molecule has 2 atom stereocenters. The summed E-state index contributed by atoms with van der Waals surface area (Å²) < 4.78 is 0. The van der Waals surface area contributed by atoms with Gasteiger partial charge in [-0.1, -0.05) is 60.2 Å². The van der Waals surface area contributed by atoms with Gasteiger partial charge in [-0.15, -0.1) is 0 Å². The van der Waals surface area contributed by atoms with E-state index in [9.17, 15) is 9.59 Å². The Bertz CT molecular complexity index is 645. The van der Waals surface area contributed by atoms with Crippen LogP contribution in [0.15, 0.2) is 60.2 Å². The molecule has 2 aliphatic rings. The minimum Gasteiger partial charge on any atom is -0.298 e. The fourth-order valence-electron chi connectivity index (χ4n) is 2.71. The molecule has 3 rings (SSSR count). The van der Waals surface area contributed by atoms with Crippen molar-refractivity contribution in [3.63, 3.8) is 0 Å². The maximum absolute atomic E-state index is 12.5. The summed E-state index contributed by atoms with van der Waals surface area (Å²) in [6.07, 6.45) is 9.88. The van der Waals surface area contributed by atoms with Crippen LogP contribution in [0.1, 0.15) is 22.3 Å². The molecule has 2 aliphatic carbocycles. The van der Waals surface area contributed by atoms with Crippen LogP contribution in [0.4, 0.5) is 0 Å². The van der Waals surface area contributed by atoms with E-state index in [-0.39, 0.29) is 23.4 Å². The third-order valence-corrected chi connectivity index (χ3v) is 3.89. The minimum absolute atomic E-state index is 0.0381. The van der Waals surface area contributed by atoms with Crippen LogP contribution < -0.4 is 0 Å². The molecular weight excluding hydrogens is 248 g/mol. The SMILES string of the molecule is Cc1ccc(C(=O)C2=CC3C=CC=CC(C2)C3=O)cc1. The maximum atomic E-state index is 12.5. The Morgan fingerprint density at radius 3 is 2.55 bits per heavy atom. The van der Waals surface area contributed by atoms with E-state index < -0.39 is 0 Å². The Labute approximate surface area is 118 Å². The first-order valence-electron chi connectivity index (χ1n) is 6.86. The van der Waals surface area contributed by atoms with Gasteiger partial charge in [-0.3, -0.25) is 9.59 Å². The van der Waals surface area contributed by atoms with E-state index in [4.69, 9.17) is 0 Å². The van der Waals surface area contributed by atoms with Crippen molar-refractivity contribution in [1.82, 2.24) is 0 Å². The molecule has 20 heavy (non-hydrogen) atoms. The monoisotopic (exact) mass is 264 g/mol. The van der Waals surface area contributed by atoms with Crippen molar-refractivity contribution >= 4 is 11.6 Å². The second-order valence-electron chi connectivity index (χ2n) is 5.40. The van der Waals surface area contributed by atoms with Gasteiger partial charge in [0.25, 0.3) is 0 Å². The van der Waals surface area contributed by atoms with Gasteiger partial charge in [-0.2, -0.15) is 0 Å². The lowest BCUT2D eigenvalue weighted by Crippen LogP contribution is -2.26. The number of rotatable bonds is 2. The largest absolute Gasteiger partial charge is 0.298 e. The Hall–Kier alpha value is -2.22. The summed E-state index contributed by atoms with van der Waals surface area (Å²) in [5.41, 5.74) is 2.58. The van der Waals surface area contributed by atoms with E-state index in [1.54, 1.807) is 0 Å². The van der Waals surface area contributed by atoms with Crippen LogP contribution in [0.25, 0.3) is 0 Å². The first-order valence-corrected chi connectivity index (χ1v) is 6.86. The second-order valence-corrected chi connectivity index (χ2v) is 5.40. The van der Waals surface area contributed by atoms with Crippen molar-refractivity contribution in [2.75, 3.05) is 0 Å². The lowest BCUT2D eigenvalue weighted by molar-refractivity contribution is -0.123. The van der Waals surface area contributed by atoms with Crippen molar-refractivity contribution in [3.05, 3.63) is 71.3 Å². The predicted octanol–water partition coefficient (Wildman–Crippen LogP) is 3.44. The topological polar surface area (TPSA) is 34.1 Å². The molecule has 0 spiro atoms. The lowest BCUT2D eigenvalue weighted by Gasteiger charge is -2.22. The number of ketones is 2. The van der Waals surface area contributed by atoms with E-state index in [0.29, 0.717) is 12.0 Å². The van der Waals surface area contributed by atoms with Crippen LogP contribution in [-0.2, 0) is 4.79 Å². The molecule has 1 aromatic rings. The predicted molar refractivity (Wildman–Crippen MR) is 78.5 cm³/mol. The third-order valence-electron chi connectivity index (χ3n) is 3.89. The molecule has 2 unspecified atom stereocenters. The zero-order chi connectivity index (χ0) is 14.1. The van der Waals surface area contributed by atoms with Crippen molar-refractivity contribution in [3.8, 4) is 0 Å². The summed E-state index contributed by atoms with van der Waals surface area (Å²) in [6, 6.07) is 7.58. The number of benzene rings is 1. The van der Waals surface area contributed by atoms with Crippen LogP contribution in [0, 0.1) is 18.8 Å². The molecule has 2 bridgehead atoms. The molecule has 0 aliphatic heterocycles. The van der Waals surface area contributed by atoms with Crippen molar-refractivity contribution < 1.29 is 9.59 Å². The van der Waals surface area contributed by atoms with Crippen LogP contribution in [0.3, 0.4) is 0 Å². The van der Waals surface area contributed by atoms with Crippen LogP contribution in [-0.4, -0.2) is 11.6 Å². The average Bonchev–Trinajstić information content (AvgIpc) is 2.57. The molecule has 0 aromatic heterocycles. The molecule has 0 N–H and O–H groups in total. The maximum Gasteiger partial charge on any atom is 0.188 e. The number of aryl methyl sites for hydroxylation is 1. The highest BCUT2D eigenvalue weighted by atomic mass is 16.1. The first-order chi connectivity index (χ1) is 9.65. The quantitative estimate of drug-likeness (QED) is 0.767. The molecule has 2 nitrogen and oxygen atoms in total. The fourth-order valence-corrected chi connectivity index (χ4v) is 2.71. The van der Waals surface area contributed by atoms with Crippen molar-refractivity contribution in [2.45, 2.75) is 13.3 Å². The zero-order valence-corrected chi connectivity index (χ0v) is 11.4. The van der Waals surface area contributed by atoms with Crippen molar-refractivity contribution in [2.24, 2.45) is 11.8 Å².